The fraction of sp³-hybridized carbons (Fsp3) is 0.444. The molecule has 0 saturated carbocycles. The predicted molar refractivity (Wildman–Crippen MR) is 139 cm³/mol. The van der Waals surface area contributed by atoms with Crippen molar-refractivity contribution in [1.82, 2.24) is 20.9 Å². The number of piperidine rings is 1. The summed E-state index contributed by atoms with van der Waals surface area (Å²) >= 11 is 6.03. The van der Waals surface area contributed by atoms with Gasteiger partial charge in [-0.25, -0.2) is 4.79 Å². The molecule has 3 saturated heterocycles. The fourth-order valence-corrected chi connectivity index (χ4v) is 5.36. The van der Waals surface area contributed by atoms with Gasteiger partial charge in [-0.2, -0.15) is 0 Å². The zero-order valence-electron chi connectivity index (χ0n) is 20.2. The first-order valence-corrected chi connectivity index (χ1v) is 13.1. The van der Waals surface area contributed by atoms with Crippen molar-refractivity contribution in [3.05, 3.63) is 64.7 Å². The van der Waals surface area contributed by atoms with Crippen LogP contribution in [0.1, 0.15) is 29.9 Å². The van der Waals surface area contributed by atoms with Crippen LogP contribution in [0.5, 0.6) is 0 Å². The minimum Gasteiger partial charge on any atom is -0.344 e. The summed E-state index contributed by atoms with van der Waals surface area (Å²) in [5.74, 6) is 0.0598. The van der Waals surface area contributed by atoms with E-state index in [9.17, 15) is 14.4 Å². The van der Waals surface area contributed by atoms with E-state index in [-0.39, 0.29) is 29.7 Å². The maximum atomic E-state index is 13.6. The molecule has 9 heteroatoms. The van der Waals surface area contributed by atoms with Gasteiger partial charge in [-0.15, -0.1) is 0 Å². The maximum absolute atomic E-state index is 13.6. The summed E-state index contributed by atoms with van der Waals surface area (Å²) in [6.07, 6.45) is 2.05. The van der Waals surface area contributed by atoms with Crippen molar-refractivity contribution < 1.29 is 14.4 Å². The number of carbonyl (C=O) groups excluding carboxylic acids is 3. The van der Waals surface area contributed by atoms with E-state index in [2.05, 4.69) is 22.0 Å². The van der Waals surface area contributed by atoms with Crippen LogP contribution in [0.4, 0.5) is 10.5 Å². The lowest BCUT2D eigenvalue weighted by Gasteiger charge is -2.36. The Bertz CT molecular complexity index is 1110. The van der Waals surface area contributed by atoms with Crippen molar-refractivity contribution >= 4 is 35.1 Å². The van der Waals surface area contributed by atoms with Crippen LogP contribution in [0, 0.1) is 5.92 Å². The van der Waals surface area contributed by atoms with E-state index in [4.69, 9.17) is 11.6 Å². The number of para-hydroxylation sites is 1. The van der Waals surface area contributed by atoms with Gasteiger partial charge in [0.1, 0.15) is 6.04 Å². The molecule has 3 N–H and O–H groups in total. The Morgan fingerprint density at radius 3 is 2.39 bits per heavy atom. The van der Waals surface area contributed by atoms with Crippen LogP contribution in [0.15, 0.2) is 48.5 Å². The summed E-state index contributed by atoms with van der Waals surface area (Å²) in [6, 6.07) is 14.8. The minimum absolute atomic E-state index is 0.0451. The molecular weight excluding hydrogens is 478 g/mol. The zero-order chi connectivity index (χ0) is 25.1. The quantitative estimate of drug-likeness (QED) is 0.534. The van der Waals surface area contributed by atoms with E-state index in [0.29, 0.717) is 50.7 Å². The van der Waals surface area contributed by atoms with E-state index in [0.717, 1.165) is 29.7 Å². The molecule has 3 heterocycles. The molecule has 8 nitrogen and oxygen atoms in total. The van der Waals surface area contributed by atoms with Gasteiger partial charge in [0.05, 0.1) is 5.92 Å². The Balaban J connectivity index is 1.26. The molecule has 0 spiro atoms. The molecule has 2 aromatic carbocycles. The zero-order valence-corrected chi connectivity index (χ0v) is 21.0. The average Bonchev–Trinajstić information content (AvgIpc) is 3.29. The van der Waals surface area contributed by atoms with Crippen LogP contribution < -0.4 is 20.9 Å². The van der Waals surface area contributed by atoms with Crippen LogP contribution in [-0.4, -0.2) is 68.1 Å². The highest BCUT2D eigenvalue weighted by molar-refractivity contribution is 6.30. The second-order valence-corrected chi connectivity index (χ2v) is 10.2. The molecule has 3 aliphatic heterocycles. The highest BCUT2D eigenvalue weighted by Gasteiger charge is 2.34. The number of nitrogens with zero attached hydrogens (tertiary/aromatic N) is 2. The number of rotatable bonds is 7. The van der Waals surface area contributed by atoms with E-state index in [1.165, 1.54) is 0 Å². The summed E-state index contributed by atoms with van der Waals surface area (Å²) in [7, 11) is 0. The minimum atomic E-state index is -0.614. The van der Waals surface area contributed by atoms with Crippen LogP contribution in [0.2, 0.25) is 5.02 Å². The van der Waals surface area contributed by atoms with Crippen molar-refractivity contribution in [2.24, 2.45) is 5.92 Å². The van der Waals surface area contributed by atoms with Gasteiger partial charge in [-0.1, -0.05) is 41.9 Å². The number of anilines is 1. The standard InChI is InChI=1S/C27H32ClN5O3/c28-21-7-5-18(6-8-21)15-23(31-25(34)20-16-29-17-20)26(35)32-12-9-19(10-13-32)22-3-1-2-4-24(22)33-14-11-30-27(33)36/h1-8,19-20,23,29H,9-17H2,(H,30,36)(H,31,34)/t23-/m1/s1. The molecule has 2 aromatic rings. The first-order valence-electron chi connectivity index (χ1n) is 12.7. The Kier molecular flexibility index (Phi) is 7.43. The molecular formula is C27H32ClN5O3. The van der Waals surface area contributed by atoms with E-state index < -0.39 is 6.04 Å². The van der Waals surface area contributed by atoms with Gasteiger partial charge in [-0.3, -0.25) is 14.5 Å². The molecule has 4 amide bonds. The van der Waals surface area contributed by atoms with Crippen molar-refractivity contribution in [2.45, 2.75) is 31.2 Å². The van der Waals surface area contributed by atoms with Crippen molar-refractivity contribution in [3.8, 4) is 0 Å². The lowest BCUT2D eigenvalue weighted by molar-refractivity contribution is -0.138. The van der Waals surface area contributed by atoms with Crippen molar-refractivity contribution in [2.75, 3.05) is 44.2 Å². The molecule has 0 unspecified atom stereocenters. The van der Waals surface area contributed by atoms with Gasteiger partial charge in [0.25, 0.3) is 0 Å². The van der Waals surface area contributed by atoms with Crippen LogP contribution >= 0.6 is 11.6 Å². The molecule has 5 rings (SSSR count). The Hall–Kier alpha value is -3.10. The molecule has 1 atom stereocenters. The summed E-state index contributed by atoms with van der Waals surface area (Å²) < 4.78 is 0. The molecule has 190 valence electrons. The normalized spacial score (nSPS) is 19.5. The number of carbonyl (C=O) groups is 3. The van der Waals surface area contributed by atoms with Crippen LogP contribution in [0.3, 0.4) is 0 Å². The van der Waals surface area contributed by atoms with E-state index in [1.54, 1.807) is 17.0 Å². The monoisotopic (exact) mass is 509 g/mol. The Morgan fingerprint density at radius 1 is 1.03 bits per heavy atom. The number of urea groups is 1. The topological polar surface area (TPSA) is 93.8 Å². The third-order valence-corrected chi connectivity index (χ3v) is 7.70. The molecule has 0 aliphatic carbocycles. The second kappa shape index (κ2) is 10.9. The van der Waals surface area contributed by atoms with Gasteiger partial charge >= 0.3 is 6.03 Å². The van der Waals surface area contributed by atoms with Gasteiger partial charge in [0.2, 0.25) is 11.8 Å². The lowest BCUT2D eigenvalue weighted by atomic mass is 9.87. The first-order chi connectivity index (χ1) is 17.5. The third kappa shape index (κ3) is 5.34. The maximum Gasteiger partial charge on any atom is 0.322 e. The highest BCUT2D eigenvalue weighted by atomic mass is 35.5. The molecule has 0 radical (unpaired) electrons. The van der Waals surface area contributed by atoms with E-state index >= 15 is 0 Å². The van der Waals surface area contributed by atoms with Gasteiger partial charge < -0.3 is 20.9 Å². The summed E-state index contributed by atoms with van der Waals surface area (Å²) in [5.41, 5.74) is 3.07. The number of nitrogens with one attached hydrogen (secondary N) is 3. The smallest absolute Gasteiger partial charge is 0.322 e. The molecule has 36 heavy (non-hydrogen) atoms. The lowest BCUT2D eigenvalue weighted by Crippen LogP contribution is -2.57. The third-order valence-electron chi connectivity index (χ3n) is 7.45. The molecule has 3 aliphatic rings. The number of benzene rings is 2. The van der Waals surface area contributed by atoms with Crippen LogP contribution in [-0.2, 0) is 16.0 Å². The highest BCUT2D eigenvalue weighted by Crippen LogP contribution is 2.35. The van der Waals surface area contributed by atoms with Crippen molar-refractivity contribution in [1.29, 1.82) is 0 Å². The predicted octanol–water partition coefficient (Wildman–Crippen LogP) is 2.52. The van der Waals surface area contributed by atoms with E-state index in [1.807, 2.05) is 35.2 Å². The largest absolute Gasteiger partial charge is 0.344 e. The molecule has 0 aromatic heterocycles. The molecule has 0 bridgehead atoms. The molecule has 3 fully saturated rings. The number of hydrogen-bond donors (Lipinski definition) is 3. The summed E-state index contributed by atoms with van der Waals surface area (Å²) in [5, 5.41) is 9.65. The number of likely N-dealkylation sites (tertiary alicyclic amines) is 1. The first kappa shape index (κ1) is 24.6. The van der Waals surface area contributed by atoms with Gasteiger partial charge in [0.15, 0.2) is 0 Å². The van der Waals surface area contributed by atoms with Gasteiger partial charge in [0, 0.05) is 56.4 Å². The SMILES string of the molecule is O=C(N[C@H](Cc1ccc(Cl)cc1)C(=O)N1CCC(c2ccccc2N2CCNC2=O)CC1)C1CNC1. The average molecular weight is 510 g/mol. The Morgan fingerprint density at radius 2 is 1.75 bits per heavy atom. The second-order valence-electron chi connectivity index (χ2n) is 9.79. The summed E-state index contributed by atoms with van der Waals surface area (Å²) in [6.45, 7) is 3.83. The Labute approximate surface area is 216 Å². The number of hydrogen-bond acceptors (Lipinski definition) is 4. The van der Waals surface area contributed by atoms with Crippen LogP contribution in [0.25, 0.3) is 0 Å². The summed E-state index contributed by atoms with van der Waals surface area (Å²) in [4.78, 5) is 42.3. The number of halogens is 1. The van der Waals surface area contributed by atoms with Crippen molar-refractivity contribution in [3.63, 3.8) is 0 Å². The fourth-order valence-electron chi connectivity index (χ4n) is 5.23. The number of amides is 4. The van der Waals surface area contributed by atoms with Gasteiger partial charge in [-0.05, 0) is 48.1 Å².